The number of hydrogen-bond donors (Lipinski definition) is 1. The van der Waals surface area contributed by atoms with Crippen LogP contribution in [0.5, 0.6) is 17.2 Å². The smallest absolute Gasteiger partial charge is 0.308 e. The zero-order valence-electron chi connectivity index (χ0n) is 15.3. The Kier molecular flexibility index (Phi) is 4.41. The Labute approximate surface area is 160 Å². The fourth-order valence-electron chi connectivity index (χ4n) is 2.95. The molecule has 4 aromatic rings. The van der Waals surface area contributed by atoms with Crippen LogP contribution in [0.2, 0.25) is 0 Å². The standard InChI is InChI=1S/C21H17N3O4/c1-13(25)28-16-5-3-4-14(10-16)17-7-9-21-22-12-18(24(21)23-17)15-6-8-19(26)20(11-15)27-2/h3-12,26H,1-2H3. The molecule has 1 N–H and O–H groups in total. The molecular formula is C21H17N3O4. The van der Waals surface area contributed by atoms with Gasteiger partial charge in [-0.25, -0.2) is 9.50 Å². The van der Waals surface area contributed by atoms with Crippen molar-refractivity contribution in [3.05, 3.63) is 60.8 Å². The van der Waals surface area contributed by atoms with Crippen molar-refractivity contribution >= 4 is 11.6 Å². The first-order valence-corrected chi connectivity index (χ1v) is 8.56. The van der Waals surface area contributed by atoms with Crippen LogP contribution in [-0.2, 0) is 4.79 Å². The van der Waals surface area contributed by atoms with E-state index < -0.39 is 0 Å². The highest BCUT2D eigenvalue weighted by Crippen LogP contribution is 2.32. The summed E-state index contributed by atoms with van der Waals surface area (Å²) in [5.41, 5.74) is 3.75. The fourth-order valence-corrected chi connectivity index (χ4v) is 2.95. The van der Waals surface area contributed by atoms with Gasteiger partial charge in [-0.2, -0.15) is 5.10 Å². The average molecular weight is 375 g/mol. The zero-order valence-corrected chi connectivity index (χ0v) is 15.3. The van der Waals surface area contributed by atoms with Crippen LogP contribution in [0.25, 0.3) is 28.2 Å². The molecule has 2 aromatic heterocycles. The van der Waals surface area contributed by atoms with E-state index in [1.54, 1.807) is 47.1 Å². The van der Waals surface area contributed by atoms with Crippen LogP contribution >= 0.6 is 0 Å². The normalized spacial score (nSPS) is 10.8. The number of aromatic hydroxyl groups is 1. The number of nitrogens with zero attached hydrogens (tertiary/aromatic N) is 3. The van der Waals surface area contributed by atoms with Crippen LogP contribution in [0.15, 0.2) is 60.8 Å². The summed E-state index contributed by atoms with van der Waals surface area (Å²) < 4.78 is 12.1. The van der Waals surface area contributed by atoms with Crippen molar-refractivity contribution in [1.29, 1.82) is 0 Å². The molecule has 0 bridgehead atoms. The summed E-state index contributed by atoms with van der Waals surface area (Å²) in [7, 11) is 1.50. The van der Waals surface area contributed by atoms with Gasteiger partial charge in [0.1, 0.15) is 5.75 Å². The fraction of sp³-hybridized carbons (Fsp3) is 0.0952. The lowest BCUT2D eigenvalue weighted by Gasteiger charge is -2.08. The van der Waals surface area contributed by atoms with E-state index in [2.05, 4.69) is 4.98 Å². The zero-order chi connectivity index (χ0) is 19.7. The third kappa shape index (κ3) is 3.25. The van der Waals surface area contributed by atoms with Gasteiger partial charge in [-0.3, -0.25) is 4.79 Å². The summed E-state index contributed by atoms with van der Waals surface area (Å²) in [4.78, 5) is 15.6. The highest BCUT2D eigenvalue weighted by molar-refractivity contribution is 5.71. The van der Waals surface area contributed by atoms with Gasteiger partial charge >= 0.3 is 5.97 Å². The summed E-state index contributed by atoms with van der Waals surface area (Å²) in [5.74, 6) is 0.522. The van der Waals surface area contributed by atoms with E-state index >= 15 is 0 Å². The van der Waals surface area contributed by atoms with Crippen molar-refractivity contribution in [2.45, 2.75) is 6.92 Å². The number of carbonyl (C=O) groups is 1. The number of hydrogen-bond acceptors (Lipinski definition) is 6. The monoisotopic (exact) mass is 375 g/mol. The molecule has 4 rings (SSSR count). The highest BCUT2D eigenvalue weighted by Gasteiger charge is 2.12. The topological polar surface area (TPSA) is 86.0 Å². The molecule has 0 saturated carbocycles. The van der Waals surface area contributed by atoms with Crippen LogP contribution in [0.3, 0.4) is 0 Å². The lowest BCUT2D eigenvalue weighted by molar-refractivity contribution is -0.131. The number of rotatable bonds is 4. The number of ether oxygens (including phenoxy) is 2. The van der Waals surface area contributed by atoms with E-state index in [4.69, 9.17) is 14.6 Å². The van der Waals surface area contributed by atoms with Gasteiger partial charge in [0.15, 0.2) is 17.1 Å². The van der Waals surface area contributed by atoms with Gasteiger partial charge in [0, 0.05) is 18.1 Å². The molecule has 140 valence electrons. The Bertz CT molecular complexity index is 1180. The van der Waals surface area contributed by atoms with Crippen molar-refractivity contribution in [3.63, 3.8) is 0 Å². The average Bonchev–Trinajstić information content (AvgIpc) is 3.11. The summed E-state index contributed by atoms with van der Waals surface area (Å²) in [6, 6.07) is 16.0. The summed E-state index contributed by atoms with van der Waals surface area (Å²) in [6.45, 7) is 1.36. The molecule has 0 spiro atoms. The van der Waals surface area contributed by atoms with Gasteiger partial charge in [-0.05, 0) is 42.5 Å². The lowest BCUT2D eigenvalue weighted by atomic mass is 10.1. The molecule has 7 nitrogen and oxygen atoms in total. The second-order valence-electron chi connectivity index (χ2n) is 6.14. The number of carbonyl (C=O) groups excluding carboxylic acids is 1. The molecule has 0 aliphatic carbocycles. The minimum atomic E-state index is -0.376. The Balaban J connectivity index is 1.80. The Morgan fingerprint density at radius 3 is 2.71 bits per heavy atom. The number of phenols is 1. The van der Waals surface area contributed by atoms with E-state index in [1.807, 2.05) is 18.2 Å². The maximum Gasteiger partial charge on any atom is 0.308 e. The molecule has 0 fully saturated rings. The van der Waals surface area contributed by atoms with E-state index in [0.29, 0.717) is 22.8 Å². The van der Waals surface area contributed by atoms with Crippen LogP contribution in [0, 0.1) is 0 Å². The number of imidazole rings is 1. The first-order chi connectivity index (χ1) is 13.5. The Morgan fingerprint density at radius 1 is 1.07 bits per heavy atom. The number of esters is 1. The van der Waals surface area contributed by atoms with Crippen molar-refractivity contribution < 1.29 is 19.4 Å². The molecule has 0 amide bonds. The maximum atomic E-state index is 11.2. The SMILES string of the molecule is COc1cc(-c2cnc3ccc(-c4cccc(OC(C)=O)c4)nn23)ccc1O. The molecule has 2 aromatic carbocycles. The van der Waals surface area contributed by atoms with Crippen LogP contribution in [0.4, 0.5) is 0 Å². The van der Waals surface area contributed by atoms with Crippen molar-refractivity contribution in [2.75, 3.05) is 7.11 Å². The van der Waals surface area contributed by atoms with Gasteiger partial charge in [0.2, 0.25) is 0 Å². The number of phenolic OH excluding ortho intramolecular Hbond substituents is 1. The summed E-state index contributed by atoms with van der Waals surface area (Å²) >= 11 is 0. The van der Waals surface area contributed by atoms with Gasteiger partial charge in [0.05, 0.1) is 24.7 Å². The van der Waals surface area contributed by atoms with Crippen molar-refractivity contribution in [1.82, 2.24) is 14.6 Å². The second-order valence-corrected chi connectivity index (χ2v) is 6.14. The Morgan fingerprint density at radius 2 is 1.93 bits per heavy atom. The maximum absolute atomic E-state index is 11.2. The van der Waals surface area contributed by atoms with Crippen LogP contribution in [0.1, 0.15) is 6.92 Å². The number of benzene rings is 2. The van der Waals surface area contributed by atoms with Crippen LogP contribution < -0.4 is 9.47 Å². The molecule has 0 aliphatic rings. The molecule has 0 unspecified atom stereocenters. The van der Waals surface area contributed by atoms with Crippen LogP contribution in [-0.4, -0.2) is 32.8 Å². The number of aromatic nitrogens is 3. The summed E-state index contributed by atoms with van der Waals surface area (Å²) in [5, 5.41) is 14.5. The van der Waals surface area contributed by atoms with E-state index in [-0.39, 0.29) is 11.7 Å². The summed E-state index contributed by atoms with van der Waals surface area (Å²) in [6.07, 6.45) is 1.72. The van der Waals surface area contributed by atoms with E-state index in [9.17, 15) is 9.90 Å². The molecule has 0 atom stereocenters. The minimum absolute atomic E-state index is 0.0657. The van der Waals surface area contributed by atoms with E-state index in [1.165, 1.54) is 14.0 Å². The Hall–Kier alpha value is -3.87. The van der Waals surface area contributed by atoms with Gasteiger partial charge in [0.25, 0.3) is 0 Å². The largest absolute Gasteiger partial charge is 0.504 e. The van der Waals surface area contributed by atoms with Gasteiger partial charge < -0.3 is 14.6 Å². The lowest BCUT2D eigenvalue weighted by Crippen LogP contribution is -2.01. The predicted molar refractivity (Wildman–Crippen MR) is 103 cm³/mol. The molecule has 28 heavy (non-hydrogen) atoms. The first kappa shape index (κ1) is 17.5. The molecule has 2 heterocycles. The molecule has 0 radical (unpaired) electrons. The molecule has 0 saturated heterocycles. The van der Waals surface area contributed by atoms with Crippen molar-refractivity contribution in [2.24, 2.45) is 0 Å². The van der Waals surface area contributed by atoms with Gasteiger partial charge in [-0.1, -0.05) is 12.1 Å². The predicted octanol–water partition coefficient (Wildman–Crippen LogP) is 3.70. The molecule has 0 aliphatic heterocycles. The second kappa shape index (κ2) is 7.03. The quantitative estimate of drug-likeness (QED) is 0.432. The first-order valence-electron chi connectivity index (χ1n) is 8.56. The molecule has 7 heteroatoms. The third-order valence-corrected chi connectivity index (χ3v) is 4.23. The van der Waals surface area contributed by atoms with E-state index in [0.717, 1.165) is 16.8 Å². The van der Waals surface area contributed by atoms with Crippen molar-refractivity contribution in [3.8, 4) is 39.8 Å². The third-order valence-electron chi connectivity index (χ3n) is 4.23. The minimum Gasteiger partial charge on any atom is -0.504 e. The number of methoxy groups -OCH3 is 1. The number of fused-ring (bicyclic) bond motifs is 1. The molecular weight excluding hydrogens is 358 g/mol. The van der Waals surface area contributed by atoms with Gasteiger partial charge in [-0.15, -0.1) is 0 Å². The highest BCUT2D eigenvalue weighted by atomic mass is 16.5.